The molecular weight excluding hydrogens is 288 g/mol. The lowest BCUT2D eigenvalue weighted by molar-refractivity contribution is 0.102. The number of aryl methyl sites for hydroxylation is 1. The van der Waals surface area contributed by atoms with Crippen LogP contribution in [0, 0.1) is 6.92 Å². The van der Waals surface area contributed by atoms with Crippen LogP contribution in [0.15, 0.2) is 42.5 Å². The first-order valence-electron chi connectivity index (χ1n) is 7.98. The number of anilines is 2. The second-order valence-corrected chi connectivity index (χ2v) is 5.88. The number of nitrogens with zero attached hydrogens (tertiary/aromatic N) is 1. The van der Waals surface area contributed by atoms with Gasteiger partial charge in [0.05, 0.1) is 7.11 Å². The molecule has 0 radical (unpaired) electrons. The van der Waals surface area contributed by atoms with Crippen molar-refractivity contribution in [3.63, 3.8) is 0 Å². The van der Waals surface area contributed by atoms with Gasteiger partial charge in [0.1, 0.15) is 5.75 Å². The number of amides is 1. The van der Waals surface area contributed by atoms with Crippen LogP contribution >= 0.6 is 0 Å². The molecular formula is C19H22N2O2. The Labute approximate surface area is 137 Å². The molecule has 1 aliphatic heterocycles. The summed E-state index contributed by atoms with van der Waals surface area (Å²) >= 11 is 0. The summed E-state index contributed by atoms with van der Waals surface area (Å²) in [7, 11) is 1.63. The molecule has 1 saturated heterocycles. The average Bonchev–Trinajstić information content (AvgIpc) is 3.10. The van der Waals surface area contributed by atoms with Gasteiger partial charge in [-0.15, -0.1) is 0 Å². The predicted octanol–water partition coefficient (Wildman–Crippen LogP) is 3.86. The van der Waals surface area contributed by atoms with Gasteiger partial charge in [-0.1, -0.05) is 0 Å². The number of benzene rings is 2. The first kappa shape index (κ1) is 15.4. The Morgan fingerprint density at radius 3 is 2.39 bits per heavy atom. The van der Waals surface area contributed by atoms with Crippen molar-refractivity contribution in [2.45, 2.75) is 19.8 Å². The van der Waals surface area contributed by atoms with Crippen molar-refractivity contribution in [2.75, 3.05) is 30.4 Å². The van der Waals surface area contributed by atoms with E-state index in [9.17, 15) is 4.79 Å². The molecule has 120 valence electrons. The van der Waals surface area contributed by atoms with Crippen LogP contribution in [-0.2, 0) is 0 Å². The van der Waals surface area contributed by atoms with Gasteiger partial charge in [0.25, 0.3) is 5.91 Å². The Hall–Kier alpha value is -2.49. The van der Waals surface area contributed by atoms with E-state index >= 15 is 0 Å². The van der Waals surface area contributed by atoms with Crippen molar-refractivity contribution in [3.8, 4) is 5.75 Å². The quantitative estimate of drug-likeness (QED) is 0.932. The van der Waals surface area contributed by atoms with Crippen LogP contribution in [0.4, 0.5) is 11.4 Å². The molecule has 2 aromatic rings. The molecule has 2 aromatic carbocycles. The third-order valence-electron chi connectivity index (χ3n) is 4.25. The van der Waals surface area contributed by atoms with Gasteiger partial charge in [-0.3, -0.25) is 4.79 Å². The van der Waals surface area contributed by atoms with E-state index in [0.29, 0.717) is 5.56 Å². The zero-order chi connectivity index (χ0) is 16.2. The number of ether oxygens (including phenoxy) is 1. The van der Waals surface area contributed by atoms with Gasteiger partial charge in [0.15, 0.2) is 0 Å². The Morgan fingerprint density at radius 2 is 1.78 bits per heavy atom. The van der Waals surface area contributed by atoms with Gasteiger partial charge in [-0.2, -0.15) is 0 Å². The summed E-state index contributed by atoms with van der Waals surface area (Å²) < 4.78 is 5.22. The average molecular weight is 310 g/mol. The second-order valence-electron chi connectivity index (χ2n) is 5.88. The number of carbonyl (C=O) groups is 1. The lowest BCUT2D eigenvalue weighted by Crippen LogP contribution is -2.17. The molecule has 0 aromatic heterocycles. The van der Waals surface area contributed by atoms with E-state index in [1.807, 2.05) is 31.2 Å². The minimum absolute atomic E-state index is 0.107. The van der Waals surface area contributed by atoms with Crippen LogP contribution in [0.5, 0.6) is 5.75 Å². The summed E-state index contributed by atoms with van der Waals surface area (Å²) in [4.78, 5) is 14.7. The Bertz CT molecular complexity index is 689. The van der Waals surface area contributed by atoms with Crippen molar-refractivity contribution in [1.82, 2.24) is 0 Å². The predicted molar refractivity (Wildman–Crippen MR) is 93.6 cm³/mol. The molecule has 4 nitrogen and oxygen atoms in total. The molecule has 1 aliphatic rings. The van der Waals surface area contributed by atoms with E-state index in [1.165, 1.54) is 18.5 Å². The molecule has 3 rings (SSSR count). The molecule has 1 fully saturated rings. The first-order chi connectivity index (χ1) is 11.2. The van der Waals surface area contributed by atoms with Crippen molar-refractivity contribution in [2.24, 2.45) is 0 Å². The van der Waals surface area contributed by atoms with Crippen LogP contribution in [0.25, 0.3) is 0 Å². The highest BCUT2D eigenvalue weighted by Gasteiger charge is 2.12. The Balaban J connectivity index is 1.68. The van der Waals surface area contributed by atoms with Crippen LogP contribution in [0.1, 0.15) is 28.8 Å². The zero-order valence-electron chi connectivity index (χ0n) is 13.6. The van der Waals surface area contributed by atoms with E-state index in [4.69, 9.17) is 4.74 Å². The number of hydrogen-bond donors (Lipinski definition) is 1. The second kappa shape index (κ2) is 6.73. The van der Waals surface area contributed by atoms with E-state index in [2.05, 4.69) is 22.3 Å². The Kier molecular flexibility index (Phi) is 4.51. The molecule has 0 saturated carbocycles. The molecule has 0 unspecified atom stereocenters. The lowest BCUT2D eigenvalue weighted by Gasteiger charge is -2.17. The van der Waals surface area contributed by atoms with Crippen LogP contribution < -0.4 is 15.0 Å². The minimum Gasteiger partial charge on any atom is -0.496 e. The fraction of sp³-hybridized carbons (Fsp3) is 0.316. The molecule has 4 heteroatoms. The molecule has 23 heavy (non-hydrogen) atoms. The summed E-state index contributed by atoms with van der Waals surface area (Å²) in [6, 6.07) is 13.5. The third kappa shape index (κ3) is 3.47. The number of nitrogens with one attached hydrogen (secondary N) is 1. The highest BCUT2D eigenvalue weighted by atomic mass is 16.5. The molecule has 0 bridgehead atoms. The minimum atomic E-state index is -0.107. The maximum absolute atomic E-state index is 12.3. The summed E-state index contributed by atoms with van der Waals surface area (Å²) in [5, 5.41) is 2.94. The molecule has 0 atom stereocenters. The highest BCUT2D eigenvalue weighted by molar-refractivity contribution is 6.04. The monoisotopic (exact) mass is 310 g/mol. The van der Waals surface area contributed by atoms with Crippen LogP contribution in [-0.4, -0.2) is 26.1 Å². The van der Waals surface area contributed by atoms with E-state index in [1.54, 1.807) is 13.2 Å². The Morgan fingerprint density at radius 1 is 1.09 bits per heavy atom. The van der Waals surface area contributed by atoms with Gasteiger partial charge in [0.2, 0.25) is 0 Å². The summed E-state index contributed by atoms with van der Waals surface area (Å²) in [5.74, 6) is 0.682. The van der Waals surface area contributed by atoms with Gasteiger partial charge in [-0.25, -0.2) is 0 Å². The lowest BCUT2D eigenvalue weighted by atomic mass is 10.1. The topological polar surface area (TPSA) is 41.6 Å². The SMILES string of the molecule is COc1ccc(C(=O)Nc2ccc(N3CCCC3)cc2)cc1C. The fourth-order valence-electron chi connectivity index (χ4n) is 2.95. The van der Waals surface area contributed by atoms with E-state index in [0.717, 1.165) is 30.1 Å². The smallest absolute Gasteiger partial charge is 0.255 e. The standard InChI is InChI=1S/C19H22N2O2/c1-14-13-15(5-10-18(14)23-2)19(22)20-16-6-8-17(9-7-16)21-11-3-4-12-21/h5-10,13H,3-4,11-12H2,1-2H3,(H,20,22). The van der Waals surface area contributed by atoms with Crippen molar-refractivity contribution in [3.05, 3.63) is 53.6 Å². The first-order valence-corrected chi connectivity index (χ1v) is 7.98. The number of rotatable bonds is 4. The van der Waals surface area contributed by atoms with E-state index < -0.39 is 0 Å². The fourth-order valence-corrected chi connectivity index (χ4v) is 2.95. The molecule has 1 N–H and O–H groups in total. The third-order valence-corrected chi connectivity index (χ3v) is 4.25. The van der Waals surface area contributed by atoms with Gasteiger partial charge >= 0.3 is 0 Å². The summed E-state index contributed by atoms with van der Waals surface area (Å²) in [5.41, 5.74) is 3.61. The number of hydrogen-bond acceptors (Lipinski definition) is 3. The van der Waals surface area contributed by atoms with Crippen molar-refractivity contribution >= 4 is 17.3 Å². The molecule has 0 spiro atoms. The zero-order valence-corrected chi connectivity index (χ0v) is 13.6. The van der Waals surface area contributed by atoms with Crippen LogP contribution in [0.3, 0.4) is 0 Å². The summed E-state index contributed by atoms with van der Waals surface area (Å²) in [6.07, 6.45) is 2.52. The van der Waals surface area contributed by atoms with Gasteiger partial charge < -0.3 is 15.0 Å². The maximum atomic E-state index is 12.3. The van der Waals surface area contributed by atoms with Crippen molar-refractivity contribution in [1.29, 1.82) is 0 Å². The molecule has 1 heterocycles. The van der Waals surface area contributed by atoms with E-state index in [-0.39, 0.29) is 5.91 Å². The van der Waals surface area contributed by atoms with Gasteiger partial charge in [0, 0.05) is 30.0 Å². The molecule has 0 aliphatic carbocycles. The largest absolute Gasteiger partial charge is 0.496 e. The number of carbonyl (C=O) groups excluding carboxylic acids is 1. The van der Waals surface area contributed by atoms with Crippen LogP contribution in [0.2, 0.25) is 0 Å². The van der Waals surface area contributed by atoms with Gasteiger partial charge in [-0.05, 0) is 67.8 Å². The number of methoxy groups -OCH3 is 1. The normalized spacial score (nSPS) is 13.9. The maximum Gasteiger partial charge on any atom is 0.255 e. The molecule has 1 amide bonds. The van der Waals surface area contributed by atoms with Crippen molar-refractivity contribution < 1.29 is 9.53 Å². The summed E-state index contributed by atoms with van der Waals surface area (Å²) in [6.45, 7) is 4.17. The highest BCUT2D eigenvalue weighted by Crippen LogP contribution is 2.23.